The van der Waals surface area contributed by atoms with Crippen molar-refractivity contribution in [1.82, 2.24) is 20.3 Å². The Hall–Kier alpha value is -2.22. The van der Waals surface area contributed by atoms with Gasteiger partial charge in [0, 0.05) is 30.6 Å². The van der Waals surface area contributed by atoms with Crippen LogP contribution in [-0.4, -0.2) is 33.5 Å². The summed E-state index contributed by atoms with van der Waals surface area (Å²) in [6.07, 6.45) is 0.699. The number of hydrogen-bond donors (Lipinski definition) is 2. The van der Waals surface area contributed by atoms with Crippen LogP contribution in [0.4, 0.5) is 0 Å². The lowest BCUT2D eigenvalue weighted by Crippen LogP contribution is -2.41. The molecule has 0 bridgehead atoms. The molecule has 1 aromatic carbocycles. The molecule has 136 valence electrons. The number of nitrogens with one attached hydrogen (secondary N) is 1. The van der Waals surface area contributed by atoms with Crippen LogP contribution in [0.15, 0.2) is 35.7 Å². The third-order valence-corrected chi connectivity index (χ3v) is 5.41. The van der Waals surface area contributed by atoms with Gasteiger partial charge in [0.15, 0.2) is 5.15 Å². The maximum absolute atomic E-state index is 12.6. The van der Waals surface area contributed by atoms with Gasteiger partial charge in [0.05, 0.1) is 4.88 Å². The molecule has 0 aliphatic carbocycles. The number of carbonyl (C=O) groups is 1. The van der Waals surface area contributed by atoms with E-state index in [4.69, 9.17) is 17.3 Å². The summed E-state index contributed by atoms with van der Waals surface area (Å²) in [6, 6.07) is 9.78. The minimum Gasteiger partial charge on any atom is -0.347 e. The summed E-state index contributed by atoms with van der Waals surface area (Å²) >= 11 is 7.43. The van der Waals surface area contributed by atoms with Gasteiger partial charge in [0.25, 0.3) is 5.91 Å². The van der Waals surface area contributed by atoms with Gasteiger partial charge in [-0.3, -0.25) is 4.79 Å². The second-order valence-electron chi connectivity index (χ2n) is 6.09. The van der Waals surface area contributed by atoms with Gasteiger partial charge < -0.3 is 11.1 Å². The van der Waals surface area contributed by atoms with E-state index in [1.165, 1.54) is 22.5 Å². The fourth-order valence-corrected chi connectivity index (χ4v) is 3.83. The molecule has 0 aliphatic heterocycles. The summed E-state index contributed by atoms with van der Waals surface area (Å²) in [5, 5.41) is 12.9. The number of thiophene rings is 1. The molecular weight excluding hydrogens is 370 g/mol. The molecule has 1 amide bonds. The van der Waals surface area contributed by atoms with Crippen molar-refractivity contribution >= 4 is 28.8 Å². The first-order chi connectivity index (χ1) is 12.5. The van der Waals surface area contributed by atoms with Crippen molar-refractivity contribution in [2.75, 3.05) is 6.54 Å². The Labute approximate surface area is 161 Å². The smallest absolute Gasteiger partial charge is 0.261 e. The summed E-state index contributed by atoms with van der Waals surface area (Å²) in [6.45, 7) is 2.43. The molecule has 8 heteroatoms. The van der Waals surface area contributed by atoms with Crippen molar-refractivity contribution in [1.29, 1.82) is 0 Å². The predicted molar refractivity (Wildman–Crippen MR) is 105 cm³/mol. The number of benzene rings is 1. The van der Waals surface area contributed by atoms with Crippen molar-refractivity contribution in [3.05, 3.63) is 56.9 Å². The fraction of sp³-hybridized carbons (Fsp3) is 0.278. The number of nitrogens with zero attached hydrogens (tertiary/aromatic N) is 3. The molecule has 3 aromatic rings. The highest BCUT2D eigenvalue weighted by Gasteiger charge is 2.18. The van der Waals surface area contributed by atoms with Crippen LogP contribution >= 0.6 is 22.9 Å². The lowest BCUT2D eigenvalue weighted by atomic mass is 10.0. The fourth-order valence-electron chi connectivity index (χ4n) is 2.77. The quantitative estimate of drug-likeness (QED) is 0.678. The third kappa shape index (κ3) is 3.95. The summed E-state index contributed by atoms with van der Waals surface area (Å²) < 4.78 is 1.59. The maximum atomic E-state index is 12.6. The highest BCUT2D eigenvalue weighted by Crippen LogP contribution is 2.29. The monoisotopic (exact) mass is 389 g/mol. The Balaban J connectivity index is 1.72. The lowest BCUT2D eigenvalue weighted by molar-refractivity contribution is 0.0942. The average molecular weight is 390 g/mol. The average Bonchev–Trinajstić information content (AvgIpc) is 3.22. The second-order valence-corrected chi connectivity index (χ2v) is 7.36. The number of nitrogens with two attached hydrogens (primary N) is 1. The molecule has 2 aromatic heterocycles. The number of hydrogen-bond acceptors (Lipinski definition) is 5. The van der Waals surface area contributed by atoms with E-state index in [0.29, 0.717) is 28.7 Å². The van der Waals surface area contributed by atoms with Crippen molar-refractivity contribution in [3.8, 4) is 11.3 Å². The van der Waals surface area contributed by atoms with Crippen LogP contribution in [0.1, 0.15) is 20.8 Å². The minimum absolute atomic E-state index is 0.129. The van der Waals surface area contributed by atoms with E-state index in [1.54, 1.807) is 17.8 Å². The molecule has 0 unspecified atom stereocenters. The van der Waals surface area contributed by atoms with Crippen LogP contribution in [0.5, 0.6) is 0 Å². The van der Waals surface area contributed by atoms with Gasteiger partial charge in [-0.05, 0) is 30.5 Å². The van der Waals surface area contributed by atoms with Gasteiger partial charge >= 0.3 is 0 Å². The summed E-state index contributed by atoms with van der Waals surface area (Å²) in [7, 11) is 1.76. The number of carbonyl (C=O) groups excluding carboxylic acids is 1. The zero-order valence-electron chi connectivity index (χ0n) is 14.6. The van der Waals surface area contributed by atoms with Gasteiger partial charge in [0.1, 0.15) is 5.69 Å². The Morgan fingerprint density at radius 2 is 2.19 bits per heavy atom. The van der Waals surface area contributed by atoms with Gasteiger partial charge in [-0.1, -0.05) is 41.1 Å². The molecule has 0 aliphatic rings. The number of halogens is 1. The van der Waals surface area contributed by atoms with Gasteiger partial charge in [-0.2, -0.15) is 0 Å². The molecule has 0 fully saturated rings. The molecule has 0 radical (unpaired) electrons. The van der Waals surface area contributed by atoms with Crippen molar-refractivity contribution < 1.29 is 4.79 Å². The normalized spacial score (nSPS) is 12.2. The van der Waals surface area contributed by atoms with Crippen LogP contribution in [0.3, 0.4) is 0 Å². The van der Waals surface area contributed by atoms with Gasteiger partial charge in [-0.15, -0.1) is 16.4 Å². The molecule has 1 atom stereocenters. The van der Waals surface area contributed by atoms with Crippen LogP contribution in [0.25, 0.3) is 11.3 Å². The highest BCUT2D eigenvalue weighted by atomic mass is 35.5. The van der Waals surface area contributed by atoms with Crippen LogP contribution in [0.2, 0.25) is 5.15 Å². The molecule has 6 nitrogen and oxygen atoms in total. The molecule has 3 rings (SSSR count). The molecule has 26 heavy (non-hydrogen) atoms. The van der Waals surface area contributed by atoms with E-state index in [2.05, 4.69) is 34.7 Å². The number of amides is 1. The van der Waals surface area contributed by atoms with E-state index in [0.717, 1.165) is 5.56 Å². The molecular formula is C18H20ClN5OS. The third-order valence-electron chi connectivity index (χ3n) is 4.23. The van der Waals surface area contributed by atoms with Gasteiger partial charge in [0.2, 0.25) is 0 Å². The SMILES string of the molecule is Cc1ccccc1C[C@@H](CN)NC(=O)c1cc(-c2c(Cl)nnn2C)cs1. The molecule has 2 heterocycles. The minimum atomic E-state index is -0.142. The number of aryl methyl sites for hydroxylation is 2. The van der Waals surface area contributed by atoms with Gasteiger partial charge in [-0.25, -0.2) is 4.68 Å². The standard InChI is InChI=1S/C18H20ClN5OS/c1-11-5-3-4-6-12(11)7-14(9-20)21-18(25)15-8-13(10-26-15)16-17(19)22-23-24(16)2/h3-6,8,10,14H,7,9,20H2,1-2H3,(H,21,25)/t14-/m0/s1. The zero-order chi connectivity index (χ0) is 18.7. The number of aromatic nitrogens is 3. The topological polar surface area (TPSA) is 85.8 Å². The van der Waals surface area contributed by atoms with E-state index < -0.39 is 0 Å². The molecule has 0 spiro atoms. The van der Waals surface area contributed by atoms with E-state index >= 15 is 0 Å². The van der Waals surface area contributed by atoms with Crippen molar-refractivity contribution in [2.45, 2.75) is 19.4 Å². The lowest BCUT2D eigenvalue weighted by Gasteiger charge is -2.17. The Kier molecular flexibility index (Phi) is 5.70. The predicted octanol–water partition coefficient (Wildman–Crippen LogP) is 2.81. The van der Waals surface area contributed by atoms with Crippen molar-refractivity contribution in [3.63, 3.8) is 0 Å². The van der Waals surface area contributed by atoms with Crippen molar-refractivity contribution in [2.24, 2.45) is 12.8 Å². The van der Waals surface area contributed by atoms with E-state index in [-0.39, 0.29) is 11.9 Å². The Morgan fingerprint density at radius 1 is 1.42 bits per heavy atom. The first kappa shape index (κ1) is 18.6. The largest absolute Gasteiger partial charge is 0.347 e. The first-order valence-corrected chi connectivity index (χ1v) is 9.45. The maximum Gasteiger partial charge on any atom is 0.261 e. The molecule has 3 N–H and O–H groups in total. The van der Waals surface area contributed by atoms with Crippen LogP contribution < -0.4 is 11.1 Å². The van der Waals surface area contributed by atoms with Crippen LogP contribution in [0, 0.1) is 6.92 Å². The number of rotatable bonds is 6. The molecule has 0 saturated heterocycles. The Bertz CT molecular complexity index is 900. The van der Waals surface area contributed by atoms with E-state index in [9.17, 15) is 4.79 Å². The summed E-state index contributed by atoms with van der Waals surface area (Å²) in [5.41, 5.74) is 9.76. The zero-order valence-corrected chi connectivity index (χ0v) is 16.1. The van der Waals surface area contributed by atoms with E-state index in [1.807, 2.05) is 17.5 Å². The molecule has 0 saturated carbocycles. The Morgan fingerprint density at radius 3 is 2.85 bits per heavy atom. The second kappa shape index (κ2) is 7.99. The summed E-state index contributed by atoms with van der Waals surface area (Å²) in [4.78, 5) is 13.2. The highest BCUT2D eigenvalue weighted by molar-refractivity contribution is 7.12. The first-order valence-electron chi connectivity index (χ1n) is 8.19. The van der Waals surface area contributed by atoms with Crippen LogP contribution in [-0.2, 0) is 13.5 Å². The summed E-state index contributed by atoms with van der Waals surface area (Å²) in [5.74, 6) is -0.142.